The van der Waals surface area contributed by atoms with Crippen molar-refractivity contribution in [3.63, 3.8) is 0 Å². The van der Waals surface area contributed by atoms with E-state index in [-0.39, 0.29) is 11.9 Å². The number of rotatable bonds is 5. The Morgan fingerprint density at radius 3 is 2.48 bits per heavy atom. The van der Waals surface area contributed by atoms with Crippen molar-refractivity contribution in [2.24, 2.45) is 4.99 Å². The summed E-state index contributed by atoms with van der Waals surface area (Å²) in [6.07, 6.45) is 0.0465. The molecule has 1 saturated heterocycles. The molecule has 0 saturated carbocycles. The van der Waals surface area contributed by atoms with Crippen LogP contribution in [0.15, 0.2) is 71.0 Å². The summed E-state index contributed by atoms with van der Waals surface area (Å²) in [6, 6.07) is 16.7. The number of carbonyl (C=O) groups is 2. The lowest BCUT2D eigenvalue weighted by Gasteiger charge is -2.40. The number of hydrogen-bond donors (Lipinski definition) is 0. The van der Waals surface area contributed by atoms with Crippen molar-refractivity contribution in [2.75, 3.05) is 25.6 Å². The van der Waals surface area contributed by atoms with Crippen molar-refractivity contribution in [3.8, 4) is 5.75 Å². The van der Waals surface area contributed by atoms with E-state index in [1.165, 1.54) is 4.90 Å². The molecule has 0 spiro atoms. The SMILES string of the molecule is COc1cccc(N2C3=NC4C(C(=O)N(CCc5ccccc5)C(=O)N4C)N3C(C)=C2C)c1. The highest BCUT2D eigenvalue weighted by molar-refractivity contribution is 6.10. The number of hydrogen-bond acceptors (Lipinski definition) is 6. The van der Waals surface area contributed by atoms with Gasteiger partial charge in [-0.25, -0.2) is 9.79 Å². The Morgan fingerprint density at radius 2 is 1.76 bits per heavy atom. The normalized spacial score (nSPS) is 22.1. The van der Waals surface area contributed by atoms with Gasteiger partial charge in [-0.2, -0.15) is 0 Å². The quantitative estimate of drug-likeness (QED) is 0.707. The smallest absolute Gasteiger partial charge is 0.328 e. The molecule has 3 aliphatic heterocycles. The lowest BCUT2D eigenvalue weighted by atomic mass is 10.1. The van der Waals surface area contributed by atoms with Crippen LogP contribution in [-0.4, -0.2) is 65.5 Å². The summed E-state index contributed by atoms with van der Waals surface area (Å²) in [5, 5.41) is 0. The van der Waals surface area contributed by atoms with Gasteiger partial charge in [-0.15, -0.1) is 0 Å². The van der Waals surface area contributed by atoms with E-state index >= 15 is 0 Å². The first-order valence-electron chi connectivity index (χ1n) is 11.0. The number of ether oxygens (including phenoxy) is 1. The molecule has 2 aromatic carbocycles. The van der Waals surface area contributed by atoms with Gasteiger partial charge in [0.15, 0.2) is 12.2 Å². The van der Waals surface area contributed by atoms with E-state index in [1.807, 2.05) is 78.2 Å². The predicted octanol–water partition coefficient (Wildman–Crippen LogP) is 3.27. The van der Waals surface area contributed by atoms with Crippen LogP contribution >= 0.6 is 0 Å². The van der Waals surface area contributed by atoms with Crippen molar-refractivity contribution in [2.45, 2.75) is 32.5 Å². The van der Waals surface area contributed by atoms with Crippen LogP contribution in [0.5, 0.6) is 5.75 Å². The minimum Gasteiger partial charge on any atom is -0.497 e. The number of aliphatic imine (C=N–C) groups is 1. The molecule has 8 nitrogen and oxygen atoms in total. The highest BCUT2D eigenvalue weighted by Crippen LogP contribution is 2.40. The van der Waals surface area contributed by atoms with Crippen LogP contribution in [0.2, 0.25) is 0 Å². The Balaban J connectivity index is 1.46. The molecule has 1 fully saturated rings. The van der Waals surface area contributed by atoms with E-state index in [4.69, 9.17) is 9.73 Å². The molecular weight excluding hydrogens is 418 g/mol. The van der Waals surface area contributed by atoms with Crippen molar-refractivity contribution >= 4 is 23.6 Å². The first kappa shape index (κ1) is 21.1. The first-order chi connectivity index (χ1) is 15.9. The minimum atomic E-state index is -0.580. The number of fused-ring (bicyclic) bond motifs is 3. The lowest BCUT2D eigenvalue weighted by molar-refractivity contribution is -0.136. The summed E-state index contributed by atoms with van der Waals surface area (Å²) in [4.78, 5) is 38.5. The number of imide groups is 1. The molecule has 0 aliphatic carbocycles. The van der Waals surface area contributed by atoms with Gasteiger partial charge in [0.25, 0.3) is 5.91 Å². The van der Waals surface area contributed by atoms with Crippen molar-refractivity contribution in [1.82, 2.24) is 14.7 Å². The second-order valence-electron chi connectivity index (χ2n) is 8.48. The number of nitrogens with zero attached hydrogens (tertiary/aromatic N) is 5. The summed E-state index contributed by atoms with van der Waals surface area (Å²) in [7, 11) is 3.35. The Morgan fingerprint density at radius 1 is 1.00 bits per heavy atom. The molecule has 8 heteroatoms. The van der Waals surface area contributed by atoms with Gasteiger partial charge in [0, 0.05) is 31.1 Å². The van der Waals surface area contributed by atoms with Gasteiger partial charge in [-0.3, -0.25) is 19.5 Å². The molecule has 0 radical (unpaired) electrons. The van der Waals surface area contributed by atoms with Crippen LogP contribution in [0.3, 0.4) is 0 Å². The summed E-state index contributed by atoms with van der Waals surface area (Å²) >= 11 is 0. The number of amides is 3. The maximum atomic E-state index is 13.6. The van der Waals surface area contributed by atoms with Crippen LogP contribution in [0.1, 0.15) is 19.4 Å². The molecule has 33 heavy (non-hydrogen) atoms. The molecule has 3 amide bonds. The maximum absolute atomic E-state index is 13.6. The Labute approximate surface area is 193 Å². The topological polar surface area (TPSA) is 68.7 Å². The Hall–Kier alpha value is -3.81. The molecule has 0 bridgehead atoms. The number of carbonyl (C=O) groups excluding carboxylic acids is 2. The van der Waals surface area contributed by atoms with Gasteiger partial charge in [0.2, 0.25) is 5.96 Å². The van der Waals surface area contributed by atoms with E-state index in [0.29, 0.717) is 18.9 Å². The summed E-state index contributed by atoms with van der Waals surface area (Å²) < 4.78 is 5.40. The number of urea groups is 1. The van der Waals surface area contributed by atoms with Crippen LogP contribution in [-0.2, 0) is 11.2 Å². The third kappa shape index (κ3) is 3.25. The van der Waals surface area contributed by atoms with E-state index in [9.17, 15) is 9.59 Å². The molecule has 3 aliphatic rings. The van der Waals surface area contributed by atoms with Gasteiger partial charge < -0.3 is 9.64 Å². The number of allylic oxidation sites excluding steroid dienone is 2. The largest absolute Gasteiger partial charge is 0.497 e. The monoisotopic (exact) mass is 445 g/mol. The second-order valence-corrected chi connectivity index (χ2v) is 8.48. The van der Waals surface area contributed by atoms with Crippen molar-refractivity contribution in [3.05, 3.63) is 71.6 Å². The Bertz CT molecular complexity index is 1180. The molecule has 0 aromatic heterocycles. The first-order valence-corrected chi connectivity index (χ1v) is 11.0. The molecule has 2 unspecified atom stereocenters. The van der Waals surface area contributed by atoms with E-state index in [2.05, 4.69) is 0 Å². The van der Waals surface area contributed by atoms with Gasteiger partial charge >= 0.3 is 6.03 Å². The third-order valence-corrected chi connectivity index (χ3v) is 6.67. The molecule has 5 rings (SSSR count). The highest BCUT2D eigenvalue weighted by atomic mass is 16.5. The number of likely N-dealkylation sites (N-methyl/N-ethyl adjacent to an activating group) is 1. The van der Waals surface area contributed by atoms with Crippen LogP contribution in [0, 0.1) is 0 Å². The number of anilines is 1. The Kier molecular flexibility index (Phi) is 5.08. The van der Waals surface area contributed by atoms with Crippen LogP contribution < -0.4 is 9.64 Å². The van der Waals surface area contributed by atoms with Crippen LogP contribution in [0.4, 0.5) is 10.5 Å². The van der Waals surface area contributed by atoms with E-state index in [1.54, 1.807) is 19.1 Å². The molecule has 170 valence electrons. The van der Waals surface area contributed by atoms with Crippen LogP contribution in [0.25, 0.3) is 0 Å². The molecule has 2 atom stereocenters. The zero-order valence-electron chi connectivity index (χ0n) is 19.2. The fraction of sp³-hybridized carbons (Fsp3) is 0.320. The molecule has 3 heterocycles. The van der Waals surface area contributed by atoms with Gasteiger partial charge in [0.05, 0.1) is 12.8 Å². The van der Waals surface area contributed by atoms with Gasteiger partial charge in [-0.05, 0) is 38.0 Å². The van der Waals surface area contributed by atoms with Crippen molar-refractivity contribution in [1.29, 1.82) is 0 Å². The standard InChI is InChI=1S/C25H27N5O3/c1-16-17(2)30-21-22(26-24(30)29(16)19-11-8-12-20(15-19)33-4)27(3)25(32)28(23(21)31)14-13-18-9-6-5-7-10-18/h5-12,15,21-22H,13-14H2,1-4H3. The summed E-state index contributed by atoms with van der Waals surface area (Å²) in [5.74, 6) is 1.19. The van der Waals surface area contributed by atoms with E-state index < -0.39 is 12.2 Å². The average Bonchev–Trinajstić information content (AvgIpc) is 3.33. The van der Waals surface area contributed by atoms with Crippen molar-refractivity contribution < 1.29 is 14.3 Å². The van der Waals surface area contributed by atoms with Gasteiger partial charge in [0.1, 0.15) is 5.75 Å². The average molecular weight is 446 g/mol. The van der Waals surface area contributed by atoms with Gasteiger partial charge in [-0.1, -0.05) is 36.4 Å². The molecular formula is C25H27N5O3. The fourth-order valence-corrected chi connectivity index (χ4v) is 4.76. The number of benzene rings is 2. The fourth-order valence-electron chi connectivity index (χ4n) is 4.76. The highest BCUT2D eigenvalue weighted by Gasteiger charge is 2.55. The zero-order valence-corrected chi connectivity index (χ0v) is 19.2. The molecule has 2 aromatic rings. The summed E-state index contributed by atoms with van der Waals surface area (Å²) in [6.45, 7) is 4.34. The minimum absolute atomic E-state index is 0.211. The zero-order chi connectivity index (χ0) is 23.3. The van der Waals surface area contributed by atoms with E-state index in [0.717, 1.165) is 28.4 Å². The summed E-state index contributed by atoms with van der Waals surface area (Å²) in [5.41, 5.74) is 3.92. The number of methoxy groups -OCH3 is 1. The molecule has 0 N–H and O–H groups in total. The maximum Gasteiger partial charge on any atom is 0.328 e. The lowest BCUT2D eigenvalue weighted by Crippen LogP contribution is -2.64. The number of guanidine groups is 1. The third-order valence-electron chi connectivity index (χ3n) is 6.67. The second kappa shape index (κ2) is 7.95. The predicted molar refractivity (Wildman–Crippen MR) is 126 cm³/mol.